The Morgan fingerprint density at radius 3 is 1.09 bits per heavy atom. The van der Waals surface area contributed by atoms with E-state index in [-0.39, 0.29) is 11.4 Å². The molecule has 0 aromatic heterocycles. The zero-order chi connectivity index (χ0) is 25.4. The minimum atomic E-state index is -5.74. The summed E-state index contributed by atoms with van der Waals surface area (Å²) in [5.74, 6) is 0. The summed E-state index contributed by atoms with van der Waals surface area (Å²) in [6, 6.07) is 22.3. The van der Waals surface area contributed by atoms with Crippen molar-refractivity contribution in [3.8, 4) is 22.3 Å². The van der Waals surface area contributed by atoms with Crippen LogP contribution in [0.4, 0.5) is 37.7 Å². The number of halogens is 6. The van der Waals surface area contributed by atoms with Gasteiger partial charge in [-0.05, 0) is 34.4 Å². The molecule has 0 amide bonds. The van der Waals surface area contributed by atoms with Crippen LogP contribution >= 0.6 is 0 Å². The van der Waals surface area contributed by atoms with Gasteiger partial charge in [0.1, 0.15) is 0 Å². The number of nitrogen functional groups attached to an aromatic ring is 2. The molecule has 0 bridgehead atoms. The van der Waals surface area contributed by atoms with Gasteiger partial charge in [-0.3, -0.25) is 0 Å². The fraction of sp³-hybridized carbons (Fsp3) is 0.111. The highest BCUT2D eigenvalue weighted by atomic mass is 19.4. The molecule has 35 heavy (non-hydrogen) atoms. The summed E-state index contributed by atoms with van der Waals surface area (Å²) in [6.45, 7) is 0. The van der Waals surface area contributed by atoms with Crippen LogP contribution in [0.1, 0.15) is 11.1 Å². The lowest BCUT2D eigenvalue weighted by Gasteiger charge is -2.38. The lowest BCUT2D eigenvalue weighted by atomic mass is 9.72. The SMILES string of the molecule is Nc1cc(C(c2ccc(-c3ccccc3)c(N)c2)(C(F)(F)F)C(F)(F)F)ccc1-c1ccccc1. The molecular formula is C27H20F6N2. The van der Waals surface area contributed by atoms with E-state index < -0.39 is 28.9 Å². The van der Waals surface area contributed by atoms with E-state index in [1.54, 1.807) is 60.7 Å². The van der Waals surface area contributed by atoms with Gasteiger partial charge in [-0.2, -0.15) is 26.3 Å². The van der Waals surface area contributed by atoms with Crippen molar-refractivity contribution in [3.05, 3.63) is 108 Å². The van der Waals surface area contributed by atoms with Crippen molar-refractivity contribution < 1.29 is 26.3 Å². The summed E-state index contributed by atoms with van der Waals surface area (Å²) >= 11 is 0. The molecule has 4 aromatic rings. The maximum atomic E-state index is 14.6. The first-order valence-corrected chi connectivity index (χ1v) is 10.5. The van der Waals surface area contributed by atoms with Crippen LogP contribution < -0.4 is 11.5 Å². The Balaban J connectivity index is 1.95. The Hall–Kier alpha value is -3.94. The molecule has 0 spiro atoms. The molecule has 0 aliphatic heterocycles. The maximum Gasteiger partial charge on any atom is 0.411 e. The largest absolute Gasteiger partial charge is 0.411 e. The summed E-state index contributed by atoms with van der Waals surface area (Å²) < 4.78 is 87.3. The Kier molecular flexibility index (Phi) is 6.00. The van der Waals surface area contributed by atoms with Gasteiger partial charge in [0.25, 0.3) is 0 Å². The highest BCUT2D eigenvalue weighted by Crippen LogP contribution is 2.57. The van der Waals surface area contributed by atoms with Crippen LogP contribution in [0.3, 0.4) is 0 Å². The average Bonchev–Trinajstić information content (AvgIpc) is 2.79. The third kappa shape index (κ3) is 4.09. The van der Waals surface area contributed by atoms with Gasteiger partial charge < -0.3 is 11.5 Å². The van der Waals surface area contributed by atoms with Gasteiger partial charge in [0.2, 0.25) is 5.41 Å². The second-order valence-corrected chi connectivity index (χ2v) is 8.08. The molecule has 2 nitrogen and oxygen atoms in total. The quantitative estimate of drug-likeness (QED) is 0.231. The average molecular weight is 486 g/mol. The Bertz CT molecular complexity index is 1220. The van der Waals surface area contributed by atoms with Gasteiger partial charge in [-0.25, -0.2) is 0 Å². The van der Waals surface area contributed by atoms with E-state index in [0.29, 0.717) is 22.3 Å². The number of nitrogens with two attached hydrogens (primary N) is 2. The molecule has 0 unspecified atom stereocenters. The minimum Gasteiger partial charge on any atom is -0.398 e. The standard InChI is InChI=1S/C27H20F6N2/c28-26(29,30)25(27(31,32)33,19-11-13-21(23(34)15-19)17-7-3-1-4-8-17)20-12-14-22(24(35)16-20)18-9-5-2-6-10-18/h1-16H,34-35H2. The predicted octanol–water partition coefficient (Wildman–Crippen LogP) is 7.60. The van der Waals surface area contributed by atoms with Crippen molar-refractivity contribution in [1.29, 1.82) is 0 Å². The van der Waals surface area contributed by atoms with Gasteiger partial charge in [-0.15, -0.1) is 0 Å². The molecule has 8 heteroatoms. The van der Waals surface area contributed by atoms with Gasteiger partial charge in [0, 0.05) is 22.5 Å². The second kappa shape index (κ2) is 8.69. The topological polar surface area (TPSA) is 52.0 Å². The van der Waals surface area contributed by atoms with Crippen molar-refractivity contribution in [2.24, 2.45) is 0 Å². The van der Waals surface area contributed by atoms with Gasteiger partial charge in [0.15, 0.2) is 0 Å². The van der Waals surface area contributed by atoms with Crippen molar-refractivity contribution in [1.82, 2.24) is 0 Å². The molecule has 0 atom stereocenters. The molecule has 0 aliphatic rings. The zero-order valence-electron chi connectivity index (χ0n) is 18.2. The normalized spacial score (nSPS) is 12.5. The van der Waals surface area contributed by atoms with E-state index in [2.05, 4.69) is 0 Å². The van der Waals surface area contributed by atoms with E-state index in [1.807, 2.05) is 0 Å². The number of hydrogen-bond acceptors (Lipinski definition) is 2. The van der Waals surface area contributed by atoms with E-state index in [0.717, 1.165) is 24.3 Å². The molecule has 0 saturated heterocycles. The highest BCUT2D eigenvalue weighted by molar-refractivity contribution is 5.79. The van der Waals surface area contributed by atoms with Crippen LogP contribution in [0.5, 0.6) is 0 Å². The van der Waals surface area contributed by atoms with E-state index in [9.17, 15) is 26.3 Å². The van der Waals surface area contributed by atoms with Crippen LogP contribution in [-0.4, -0.2) is 12.4 Å². The minimum absolute atomic E-state index is 0.208. The van der Waals surface area contributed by atoms with Gasteiger partial charge in [-0.1, -0.05) is 84.9 Å². The number of alkyl halides is 6. The summed E-state index contributed by atoms with van der Waals surface area (Å²) in [5, 5.41) is 0. The monoisotopic (exact) mass is 486 g/mol. The van der Waals surface area contributed by atoms with Crippen molar-refractivity contribution in [3.63, 3.8) is 0 Å². The number of anilines is 2. The lowest BCUT2D eigenvalue weighted by molar-refractivity contribution is -0.288. The van der Waals surface area contributed by atoms with Crippen molar-refractivity contribution >= 4 is 11.4 Å². The molecule has 180 valence electrons. The van der Waals surface area contributed by atoms with Gasteiger partial charge >= 0.3 is 12.4 Å². The summed E-state index contributed by atoms with van der Waals surface area (Å²) in [4.78, 5) is 0. The number of rotatable bonds is 4. The third-order valence-corrected chi connectivity index (χ3v) is 5.99. The van der Waals surface area contributed by atoms with E-state index in [1.165, 1.54) is 12.1 Å². The fourth-order valence-corrected chi connectivity index (χ4v) is 4.34. The third-order valence-electron chi connectivity index (χ3n) is 5.99. The predicted molar refractivity (Wildman–Crippen MR) is 125 cm³/mol. The lowest BCUT2D eigenvalue weighted by Crippen LogP contribution is -2.54. The van der Waals surface area contributed by atoms with Crippen LogP contribution in [-0.2, 0) is 5.41 Å². The van der Waals surface area contributed by atoms with Crippen molar-refractivity contribution in [2.45, 2.75) is 17.8 Å². The highest BCUT2D eigenvalue weighted by Gasteiger charge is 2.72. The first-order valence-electron chi connectivity index (χ1n) is 10.5. The molecular weight excluding hydrogens is 466 g/mol. The van der Waals surface area contributed by atoms with Crippen LogP contribution in [0.15, 0.2) is 97.1 Å². The molecule has 0 aliphatic carbocycles. The molecule has 0 saturated carbocycles. The number of benzene rings is 4. The Morgan fingerprint density at radius 2 is 0.800 bits per heavy atom. The Morgan fingerprint density at radius 1 is 0.457 bits per heavy atom. The number of hydrogen-bond donors (Lipinski definition) is 2. The molecule has 4 N–H and O–H groups in total. The maximum absolute atomic E-state index is 14.6. The zero-order valence-corrected chi connectivity index (χ0v) is 18.2. The van der Waals surface area contributed by atoms with E-state index in [4.69, 9.17) is 11.5 Å². The summed E-state index contributed by atoms with van der Waals surface area (Å²) in [6.07, 6.45) is -11.5. The molecule has 0 heterocycles. The summed E-state index contributed by atoms with van der Waals surface area (Å²) in [7, 11) is 0. The molecule has 4 aromatic carbocycles. The Labute approximate surface area is 197 Å². The summed E-state index contributed by atoms with van der Waals surface area (Å²) in [5.41, 5.74) is 6.92. The second-order valence-electron chi connectivity index (χ2n) is 8.08. The molecule has 4 rings (SSSR count). The smallest absolute Gasteiger partial charge is 0.398 e. The van der Waals surface area contributed by atoms with Crippen LogP contribution in [0, 0.1) is 0 Å². The first-order chi connectivity index (χ1) is 16.5. The fourth-order valence-electron chi connectivity index (χ4n) is 4.34. The molecule has 0 radical (unpaired) electrons. The van der Waals surface area contributed by atoms with Gasteiger partial charge in [0.05, 0.1) is 0 Å². The van der Waals surface area contributed by atoms with Crippen LogP contribution in [0.25, 0.3) is 22.3 Å². The molecule has 0 fully saturated rings. The van der Waals surface area contributed by atoms with E-state index >= 15 is 0 Å². The van der Waals surface area contributed by atoms with Crippen molar-refractivity contribution in [2.75, 3.05) is 11.5 Å². The van der Waals surface area contributed by atoms with Crippen LogP contribution in [0.2, 0.25) is 0 Å². The first kappa shape index (κ1) is 24.2.